The summed E-state index contributed by atoms with van der Waals surface area (Å²) in [5, 5.41) is 39.9. The number of carboxylic acids is 1. The summed E-state index contributed by atoms with van der Waals surface area (Å²) >= 11 is 0. The zero-order valence-corrected chi connectivity index (χ0v) is 12.7. The van der Waals surface area contributed by atoms with Crippen molar-refractivity contribution in [3.8, 4) is 0 Å². The van der Waals surface area contributed by atoms with Crippen LogP contribution in [-0.4, -0.2) is 83.0 Å². The molecular weight excluding hydrogens is 356 g/mol. The molecule has 1 atom stereocenters. The van der Waals surface area contributed by atoms with Crippen molar-refractivity contribution < 1.29 is 63.3 Å². The van der Waals surface area contributed by atoms with Crippen molar-refractivity contribution in [1.29, 1.82) is 0 Å². The molecule has 0 amide bonds. The number of phosphoric acid groups is 2. The number of hydrogen-bond acceptors (Lipinski definition) is 9. The van der Waals surface area contributed by atoms with Gasteiger partial charge in [0, 0.05) is 0 Å². The van der Waals surface area contributed by atoms with E-state index in [1.807, 2.05) is 0 Å². The Morgan fingerprint density at radius 2 is 1.27 bits per heavy atom. The van der Waals surface area contributed by atoms with E-state index >= 15 is 0 Å². The molecule has 0 unspecified atom stereocenters. The molecule has 11 N–H and O–H groups in total. The molecule has 0 saturated heterocycles. The fourth-order valence-electron chi connectivity index (χ4n) is 0.274. The van der Waals surface area contributed by atoms with Gasteiger partial charge in [0.1, 0.15) is 12.1 Å². The van der Waals surface area contributed by atoms with Gasteiger partial charge >= 0.3 is 21.6 Å². The van der Waals surface area contributed by atoms with E-state index in [1.165, 1.54) is 0 Å². The Balaban J connectivity index is -0.000000252. The summed E-state index contributed by atoms with van der Waals surface area (Å²) in [5.41, 5.74) is 4.77. The van der Waals surface area contributed by atoms with Crippen LogP contribution in [0.3, 0.4) is 0 Å². The van der Waals surface area contributed by atoms with E-state index in [2.05, 4.69) is 4.31 Å². The second-order valence-corrected chi connectivity index (χ2v) is 5.82. The highest BCUT2D eigenvalue weighted by Gasteiger charge is 2.27. The van der Waals surface area contributed by atoms with Crippen molar-refractivity contribution >= 4 is 21.6 Å². The van der Waals surface area contributed by atoms with Crippen molar-refractivity contribution in [2.24, 2.45) is 5.73 Å². The number of aliphatic hydroxyl groups is 4. The van der Waals surface area contributed by atoms with E-state index in [4.69, 9.17) is 50.8 Å². The predicted molar refractivity (Wildman–Crippen MR) is 68.0 cm³/mol. The highest BCUT2D eigenvalue weighted by Crippen LogP contribution is 2.53. The summed E-state index contributed by atoms with van der Waals surface area (Å²) in [4.78, 5) is 40.6. The van der Waals surface area contributed by atoms with E-state index < -0.39 is 40.4 Å². The first-order valence-electron chi connectivity index (χ1n) is 5.01. The lowest BCUT2D eigenvalue weighted by molar-refractivity contribution is -0.139. The average Bonchev–Trinajstić information content (AvgIpc) is 2.33. The number of aliphatic hydroxyl groups excluding tert-OH is 4. The number of aliphatic carboxylic acids is 1. The van der Waals surface area contributed by atoms with Crippen molar-refractivity contribution in [2.45, 2.75) is 12.1 Å². The van der Waals surface area contributed by atoms with E-state index in [1.54, 1.807) is 0 Å². The molecule has 0 fully saturated rings. The van der Waals surface area contributed by atoms with Crippen molar-refractivity contribution in [2.75, 3.05) is 19.8 Å². The Morgan fingerprint density at radius 3 is 1.27 bits per heavy atom. The summed E-state index contributed by atoms with van der Waals surface area (Å²) in [7, 11) is -10.1. The van der Waals surface area contributed by atoms with Crippen LogP contribution in [0.5, 0.6) is 0 Å². The molecule has 22 heavy (non-hydrogen) atoms. The van der Waals surface area contributed by atoms with Crippen LogP contribution in [0, 0.1) is 0 Å². The third-order valence-electron chi connectivity index (χ3n) is 1.15. The van der Waals surface area contributed by atoms with Crippen molar-refractivity contribution in [3.63, 3.8) is 0 Å². The zero-order valence-electron chi connectivity index (χ0n) is 10.9. The normalized spacial score (nSPS) is 12.6. The molecule has 0 heterocycles. The minimum atomic E-state index is -5.05. The topological polar surface area (TPSA) is 269 Å². The molecule has 0 bridgehead atoms. The Labute approximate surface area is 123 Å². The molecule has 16 heteroatoms. The lowest BCUT2D eigenvalue weighted by Crippen LogP contribution is -2.33. The SMILES string of the molecule is N[C@@H](CO)C(=O)O.O=P(O)(O)OP(=O)(O)O.OCC(O)CO. The Hall–Kier alpha value is -0.470. The number of carboxylic acid groups (broad SMARTS) is 1. The minimum Gasteiger partial charge on any atom is -0.480 e. The number of rotatable bonds is 6. The molecule has 0 aliphatic rings. The van der Waals surface area contributed by atoms with E-state index in [-0.39, 0.29) is 13.2 Å². The number of nitrogens with two attached hydrogens (primary N) is 1. The average molecular weight is 375 g/mol. The van der Waals surface area contributed by atoms with Gasteiger partial charge in [-0.15, -0.1) is 0 Å². The Kier molecular flexibility index (Phi) is 15.6. The van der Waals surface area contributed by atoms with Gasteiger partial charge in [0.15, 0.2) is 0 Å². The second-order valence-electron chi connectivity index (χ2n) is 3.21. The highest BCUT2D eigenvalue weighted by atomic mass is 31.3. The lowest BCUT2D eigenvalue weighted by Gasteiger charge is -2.03. The maximum atomic E-state index is 9.65. The third kappa shape index (κ3) is 27.8. The van der Waals surface area contributed by atoms with Crippen LogP contribution in [0.1, 0.15) is 0 Å². The summed E-state index contributed by atoms with van der Waals surface area (Å²) < 4.78 is 22.2. The first-order valence-corrected chi connectivity index (χ1v) is 8.07. The first-order chi connectivity index (χ1) is 9.70. The van der Waals surface area contributed by atoms with Crippen molar-refractivity contribution in [3.05, 3.63) is 0 Å². The maximum Gasteiger partial charge on any atom is 0.478 e. The smallest absolute Gasteiger partial charge is 0.478 e. The van der Waals surface area contributed by atoms with Crippen LogP contribution in [0.4, 0.5) is 0 Å². The first kappa shape index (κ1) is 26.4. The molecule has 0 aliphatic carbocycles. The summed E-state index contributed by atoms with van der Waals surface area (Å²) in [5.74, 6) is -1.18. The molecule has 0 aromatic carbocycles. The summed E-state index contributed by atoms with van der Waals surface area (Å²) in [6, 6.07) is -1.13. The monoisotopic (exact) mass is 375 g/mol. The largest absolute Gasteiger partial charge is 0.480 e. The number of carbonyl (C=O) groups is 1. The number of hydrogen-bond donors (Lipinski definition) is 10. The summed E-state index contributed by atoms with van der Waals surface area (Å²) in [6.45, 7) is -1.23. The molecule has 0 aromatic heterocycles. The van der Waals surface area contributed by atoms with Gasteiger partial charge in [-0.25, -0.2) is 9.13 Å². The summed E-state index contributed by atoms with van der Waals surface area (Å²) in [6.07, 6.45) is -0.954. The molecule has 0 spiro atoms. The van der Waals surface area contributed by atoms with Crippen LogP contribution < -0.4 is 5.73 Å². The standard InChI is InChI=1S/C3H7NO3.C3H8O3.H4O7P2/c4-2(1-5)3(6)7;4-1-3(6)2-5;1-8(2,3)7-9(4,5)6/h2,5H,1,4H2,(H,6,7);3-6H,1-2H2;(H2,1,2,3)(H2,4,5,6)/t2-;;/m0../s1. The highest BCUT2D eigenvalue weighted by molar-refractivity contribution is 7.60. The Morgan fingerprint density at radius 1 is 0.955 bits per heavy atom. The van der Waals surface area contributed by atoms with Crippen LogP contribution in [0.2, 0.25) is 0 Å². The van der Waals surface area contributed by atoms with Gasteiger partial charge in [-0.2, -0.15) is 4.31 Å². The van der Waals surface area contributed by atoms with Gasteiger partial charge in [0.2, 0.25) is 0 Å². The molecule has 0 radical (unpaired) electrons. The van der Waals surface area contributed by atoms with Gasteiger partial charge in [-0.05, 0) is 0 Å². The fraction of sp³-hybridized carbons (Fsp3) is 0.833. The van der Waals surface area contributed by atoms with Crippen molar-refractivity contribution in [1.82, 2.24) is 0 Å². The van der Waals surface area contributed by atoms with Gasteiger partial charge < -0.3 is 50.8 Å². The van der Waals surface area contributed by atoms with Crippen LogP contribution in [-0.2, 0) is 18.2 Å². The zero-order chi connectivity index (χ0) is 18.6. The second kappa shape index (κ2) is 13.0. The quantitative estimate of drug-likeness (QED) is 0.198. The predicted octanol–water partition coefficient (Wildman–Crippen LogP) is -4.09. The van der Waals surface area contributed by atoms with Gasteiger partial charge in [-0.1, -0.05) is 0 Å². The van der Waals surface area contributed by atoms with E-state index in [0.29, 0.717) is 0 Å². The van der Waals surface area contributed by atoms with Gasteiger partial charge in [-0.3, -0.25) is 4.79 Å². The molecule has 0 rings (SSSR count). The Bertz CT molecular complexity index is 353. The molecule has 0 saturated carbocycles. The van der Waals surface area contributed by atoms with Gasteiger partial charge in [0.25, 0.3) is 0 Å². The van der Waals surface area contributed by atoms with Crippen LogP contribution in [0.25, 0.3) is 0 Å². The molecule has 136 valence electrons. The van der Waals surface area contributed by atoms with Gasteiger partial charge in [0.05, 0.1) is 19.8 Å². The molecular formula is C6H19NO13P2. The molecule has 0 aliphatic heterocycles. The lowest BCUT2D eigenvalue weighted by atomic mass is 10.3. The molecule has 0 aromatic rings. The van der Waals surface area contributed by atoms with Crippen LogP contribution in [0.15, 0.2) is 0 Å². The molecule has 14 nitrogen and oxygen atoms in total. The van der Waals surface area contributed by atoms with E-state index in [9.17, 15) is 13.9 Å². The minimum absolute atomic E-state index is 0.365. The van der Waals surface area contributed by atoms with E-state index in [0.717, 1.165) is 0 Å². The fourth-order valence-corrected chi connectivity index (χ4v) is 1.38. The van der Waals surface area contributed by atoms with Crippen LogP contribution >= 0.6 is 15.6 Å². The third-order valence-corrected chi connectivity index (χ3v) is 2.85. The maximum absolute atomic E-state index is 9.65.